The van der Waals surface area contributed by atoms with Crippen LogP contribution in [0.1, 0.15) is 12.5 Å². The van der Waals surface area contributed by atoms with Gasteiger partial charge in [0.05, 0.1) is 19.7 Å². The minimum Gasteiger partial charge on any atom is -0.496 e. The lowest BCUT2D eigenvalue weighted by Crippen LogP contribution is -2.23. The number of nitrogens with zero attached hydrogens (tertiary/aromatic N) is 2. The molecule has 0 amide bonds. The zero-order valence-corrected chi connectivity index (χ0v) is 11.1. The van der Waals surface area contributed by atoms with Gasteiger partial charge in [0.2, 0.25) is 0 Å². The maximum Gasteiger partial charge on any atom is 0.123 e. The molecule has 0 heterocycles. The van der Waals surface area contributed by atoms with E-state index < -0.39 is 0 Å². The molecule has 16 heavy (non-hydrogen) atoms. The van der Waals surface area contributed by atoms with Gasteiger partial charge in [-0.05, 0) is 24.7 Å². The lowest BCUT2D eigenvalue weighted by atomic mass is 10.2. The Kier molecular flexibility index (Phi) is 5.30. The third kappa shape index (κ3) is 3.51. The monoisotopic (exact) mass is 282 g/mol. The van der Waals surface area contributed by atoms with E-state index in [4.69, 9.17) is 10.00 Å². The summed E-state index contributed by atoms with van der Waals surface area (Å²) < 4.78 is 6.32. The molecule has 0 fully saturated rings. The smallest absolute Gasteiger partial charge is 0.123 e. The number of rotatable bonds is 5. The Bertz CT molecular complexity index is 387. The van der Waals surface area contributed by atoms with Crippen molar-refractivity contribution in [3.05, 3.63) is 28.2 Å². The van der Waals surface area contributed by atoms with Crippen LogP contribution in [0.15, 0.2) is 22.7 Å². The minimum absolute atomic E-state index is 0.437. The van der Waals surface area contributed by atoms with E-state index in [0.29, 0.717) is 6.54 Å². The number of methoxy groups -OCH3 is 1. The molecule has 86 valence electrons. The van der Waals surface area contributed by atoms with E-state index in [2.05, 4.69) is 26.9 Å². The first-order valence-electron chi connectivity index (χ1n) is 5.13. The van der Waals surface area contributed by atoms with Gasteiger partial charge in [-0.1, -0.05) is 22.9 Å². The Morgan fingerprint density at radius 3 is 2.81 bits per heavy atom. The summed E-state index contributed by atoms with van der Waals surface area (Å²) in [6.07, 6.45) is 0. The van der Waals surface area contributed by atoms with Crippen LogP contribution in [-0.2, 0) is 6.54 Å². The molecule has 0 atom stereocenters. The number of hydrogen-bond acceptors (Lipinski definition) is 3. The molecule has 1 aromatic rings. The number of halogens is 1. The molecule has 0 aliphatic carbocycles. The van der Waals surface area contributed by atoms with E-state index in [1.807, 2.05) is 25.1 Å². The molecule has 0 unspecified atom stereocenters. The van der Waals surface area contributed by atoms with Gasteiger partial charge in [0.1, 0.15) is 5.75 Å². The van der Waals surface area contributed by atoms with Gasteiger partial charge >= 0.3 is 0 Å². The second kappa shape index (κ2) is 6.51. The molecule has 0 saturated carbocycles. The van der Waals surface area contributed by atoms with Crippen LogP contribution in [0.25, 0.3) is 0 Å². The van der Waals surface area contributed by atoms with Gasteiger partial charge in [-0.15, -0.1) is 0 Å². The number of nitriles is 1. The fourth-order valence-corrected chi connectivity index (χ4v) is 1.90. The van der Waals surface area contributed by atoms with Crippen LogP contribution in [0, 0.1) is 11.3 Å². The maximum absolute atomic E-state index is 8.69. The summed E-state index contributed by atoms with van der Waals surface area (Å²) in [4.78, 5) is 2.06. The molecule has 0 aromatic heterocycles. The first-order chi connectivity index (χ1) is 7.71. The number of hydrogen-bond donors (Lipinski definition) is 0. The normalized spacial score (nSPS) is 10.2. The summed E-state index contributed by atoms with van der Waals surface area (Å²) in [6, 6.07) is 8.07. The molecule has 1 aromatic carbocycles. The van der Waals surface area contributed by atoms with E-state index in [9.17, 15) is 0 Å². The van der Waals surface area contributed by atoms with Crippen LogP contribution in [0.2, 0.25) is 0 Å². The highest BCUT2D eigenvalue weighted by Gasteiger charge is 2.08. The molecule has 0 bridgehead atoms. The highest BCUT2D eigenvalue weighted by molar-refractivity contribution is 9.10. The lowest BCUT2D eigenvalue weighted by Gasteiger charge is -2.18. The van der Waals surface area contributed by atoms with E-state index in [1.165, 1.54) is 0 Å². The SMILES string of the molecule is CCN(CC#N)Cc1cc(Br)ccc1OC. The predicted molar refractivity (Wildman–Crippen MR) is 67.3 cm³/mol. The van der Waals surface area contributed by atoms with E-state index in [1.54, 1.807) is 7.11 Å². The lowest BCUT2D eigenvalue weighted by molar-refractivity contribution is 0.306. The Morgan fingerprint density at radius 2 is 2.25 bits per heavy atom. The zero-order valence-electron chi connectivity index (χ0n) is 9.53. The Hall–Kier alpha value is -1.05. The molecule has 0 aliphatic heterocycles. The average Bonchev–Trinajstić information content (AvgIpc) is 2.29. The fourth-order valence-electron chi connectivity index (χ4n) is 1.49. The Morgan fingerprint density at radius 1 is 1.50 bits per heavy atom. The molecule has 4 heteroatoms. The van der Waals surface area contributed by atoms with Crippen LogP contribution >= 0.6 is 15.9 Å². The van der Waals surface area contributed by atoms with E-state index >= 15 is 0 Å². The molecule has 0 N–H and O–H groups in total. The first-order valence-corrected chi connectivity index (χ1v) is 5.92. The summed E-state index contributed by atoms with van der Waals surface area (Å²) >= 11 is 3.44. The van der Waals surface area contributed by atoms with Crippen molar-refractivity contribution in [2.75, 3.05) is 20.2 Å². The predicted octanol–water partition coefficient (Wildman–Crippen LogP) is 2.80. The minimum atomic E-state index is 0.437. The quantitative estimate of drug-likeness (QED) is 0.780. The molecule has 3 nitrogen and oxygen atoms in total. The molecule has 0 spiro atoms. The molecule has 0 aliphatic rings. The first kappa shape index (κ1) is 13.0. The summed E-state index contributed by atoms with van der Waals surface area (Å²) in [5, 5.41) is 8.69. The van der Waals surface area contributed by atoms with Gasteiger partial charge in [-0.25, -0.2) is 0 Å². The van der Waals surface area contributed by atoms with Crippen molar-refractivity contribution in [1.82, 2.24) is 4.90 Å². The van der Waals surface area contributed by atoms with Crippen molar-refractivity contribution in [2.45, 2.75) is 13.5 Å². The van der Waals surface area contributed by atoms with Crippen molar-refractivity contribution in [3.8, 4) is 11.8 Å². The Labute approximate surface area is 105 Å². The van der Waals surface area contributed by atoms with Crippen LogP contribution in [-0.4, -0.2) is 25.1 Å². The molecular weight excluding hydrogens is 268 g/mol. The van der Waals surface area contributed by atoms with Crippen LogP contribution in [0.4, 0.5) is 0 Å². The highest BCUT2D eigenvalue weighted by Crippen LogP contribution is 2.24. The van der Waals surface area contributed by atoms with E-state index in [-0.39, 0.29) is 0 Å². The second-order valence-electron chi connectivity index (χ2n) is 3.42. The highest BCUT2D eigenvalue weighted by atomic mass is 79.9. The van der Waals surface area contributed by atoms with Crippen molar-refractivity contribution in [3.63, 3.8) is 0 Å². The summed E-state index contributed by atoms with van der Waals surface area (Å²) in [5.41, 5.74) is 1.09. The summed E-state index contributed by atoms with van der Waals surface area (Å²) in [5.74, 6) is 0.861. The number of ether oxygens (including phenoxy) is 1. The van der Waals surface area contributed by atoms with Gasteiger partial charge in [0, 0.05) is 16.6 Å². The third-order valence-electron chi connectivity index (χ3n) is 2.38. The van der Waals surface area contributed by atoms with Gasteiger partial charge in [-0.2, -0.15) is 5.26 Å². The molecule has 0 saturated heterocycles. The van der Waals surface area contributed by atoms with Gasteiger partial charge < -0.3 is 4.74 Å². The average molecular weight is 283 g/mol. The van der Waals surface area contributed by atoms with Crippen LogP contribution in [0.5, 0.6) is 5.75 Å². The van der Waals surface area contributed by atoms with Crippen molar-refractivity contribution < 1.29 is 4.74 Å². The van der Waals surface area contributed by atoms with Crippen molar-refractivity contribution in [1.29, 1.82) is 5.26 Å². The van der Waals surface area contributed by atoms with Gasteiger partial charge in [0.15, 0.2) is 0 Å². The standard InChI is InChI=1S/C12H15BrN2O/c1-3-15(7-6-14)9-10-8-11(13)4-5-12(10)16-2/h4-5,8H,3,7,9H2,1-2H3. The third-order valence-corrected chi connectivity index (χ3v) is 2.87. The topological polar surface area (TPSA) is 36.3 Å². The van der Waals surface area contributed by atoms with Crippen LogP contribution in [0.3, 0.4) is 0 Å². The summed E-state index contributed by atoms with van der Waals surface area (Å²) in [6.45, 7) is 4.06. The van der Waals surface area contributed by atoms with E-state index in [0.717, 1.165) is 28.9 Å². The molecule has 1 rings (SSSR count). The largest absolute Gasteiger partial charge is 0.496 e. The van der Waals surface area contributed by atoms with Gasteiger partial charge in [-0.3, -0.25) is 4.90 Å². The maximum atomic E-state index is 8.69. The molecular formula is C12H15BrN2O. The van der Waals surface area contributed by atoms with Gasteiger partial charge in [0.25, 0.3) is 0 Å². The second-order valence-corrected chi connectivity index (χ2v) is 4.33. The fraction of sp³-hybridized carbons (Fsp3) is 0.417. The number of benzene rings is 1. The molecule has 0 radical (unpaired) electrons. The van der Waals surface area contributed by atoms with Crippen molar-refractivity contribution >= 4 is 15.9 Å². The van der Waals surface area contributed by atoms with Crippen LogP contribution < -0.4 is 4.74 Å². The summed E-state index contributed by atoms with van der Waals surface area (Å²) in [7, 11) is 1.66. The Balaban J connectivity index is 2.85. The zero-order chi connectivity index (χ0) is 12.0. The van der Waals surface area contributed by atoms with Crippen molar-refractivity contribution in [2.24, 2.45) is 0 Å².